The Morgan fingerprint density at radius 1 is 1.30 bits per heavy atom. The van der Waals surface area contributed by atoms with E-state index in [1.165, 1.54) is 4.88 Å². The van der Waals surface area contributed by atoms with Crippen LogP contribution in [-0.4, -0.2) is 11.1 Å². The zero-order chi connectivity index (χ0) is 15.8. The van der Waals surface area contributed by atoms with Crippen molar-refractivity contribution in [2.45, 2.75) is 26.2 Å². The van der Waals surface area contributed by atoms with Gasteiger partial charge in [0.15, 0.2) is 11.5 Å². The van der Waals surface area contributed by atoms with E-state index in [9.17, 15) is 4.79 Å². The van der Waals surface area contributed by atoms with E-state index in [0.29, 0.717) is 5.69 Å². The van der Waals surface area contributed by atoms with Crippen molar-refractivity contribution >= 4 is 22.9 Å². The van der Waals surface area contributed by atoms with Gasteiger partial charge in [-0.1, -0.05) is 30.3 Å². The van der Waals surface area contributed by atoms with Gasteiger partial charge in [-0.05, 0) is 42.3 Å². The molecule has 1 aliphatic rings. The predicted octanol–water partition coefficient (Wildman–Crippen LogP) is 4.32. The van der Waals surface area contributed by atoms with Gasteiger partial charge >= 0.3 is 0 Å². The summed E-state index contributed by atoms with van der Waals surface area (Å²) >= 11 is 1.73. The molecule has 4 nitrogen and oxygen atoms in total. The van der Waals surface area contributed by atoms with Crippen LogP contribution in [0.5, 0.6) is 0 Å². The summed E-state index contributed by atoms with van der Waals surface area (Å²) in [6.07, 6.45) is 2.60. The van der Waals surface area contributed by atoms with E-state index in [0.717, 1.165) is 47.4 Å². The lowest BCUT2D eigenvalue weighted by molar-refractivity contribution is 0.101. The minimum atomic E-state index is -0.199. The first-order valence-corrected chi connectivity index (χ1v) is 8.60. The monoisotopic (exact) mass is 324 g/mol. The molecule has 3 aromatic rings. The molecule has 5 heteroatoms. The van der Waals surface area contributed by atoms with Gasteiger partial charge in [-0.25, -0.2) is 0 Å². The number of aromatic nitrogens is 1. The van der Waals surface area contributed by atoms with E-state index in [2.05, 4.69) is 22.8 Å². The minimum Gasteiger partial charge on any atom is -0.355 e. The number of hydrogen-bond acceptors (Lipinski definition) is 4. The van der Waals surface area contributed by atoms with Crippen LogP contribution in [0.1, 0.15) is 33.4 Å². The van der Waals surface area contributed by atoms with Crippen molar-refractivity contribution in [1.82, 2.24) is 5.16 Å². The third-order valence-electron chi connectivity index (χ3n) is 4.24. The van der Waals surface area contributed by atoms with Gasteiger partial charge in [0.25, 0.3) is 5.91 Å². The van der Waals surface area contributed by atoms with E-state index >= 15 is 0 Å². The van der Waals surface area contributed by atoms with Gasteiger partial charge in [0, 0.05) is 21.7 Å². The maximum Gasteiger partial charge on any atom is 0.278 e. The quantitative estimate of drug-likeness (QED) is 0.781. The van der Waals surface area contributed by atoms with Gasteiger partial charge < -0.3 is 9.84 Å². The van der Waals surface area contributed by atoms with Gasteiger partial charge in [-0.3, -0.25) is 4.79 Å². The van der Waals surface area contributed by atoms with E-state index in [4.69, 9.17) is 4.52 Å². The zero-order valence-electron chi connectivity index (χ0n) is 12.8. The predicted molar refractivity (Wildman–Crippen MR) is 91.0 cm³/mol. The summed E-state index contributed by atoms with van der Waals surface area (Å²) in [5.74, 6) is 0.552. The molecule has 0 fully saturated rings. The molecule has 116 valence electrons. The number of rotatable bonds is 3. The molecular formula is C18H16N2O2S. The molecule has 0 unspecified atom stereocenters. The Hall–Kier alpha value is -2.40. The number of carbonyl (C=O) groups is 1. The van der Waals surface area contributed by atoms with Crippen LogP contribution in [0, 0.1) is 0 Å². The van der Waals surface area contributed by atoms with Crippen LogP contribution >= 0.6 is 11.3 Å². The van der Waals surface area contributed by atoms with Gasteiger partial charge in [0.05, 0.1) is 0 Å². The molecule has 2 aromatic heterocycles. The standard InChI is InChI=1S/C18H16N2O2S/c1-2-11-5-3-4-6-14(11)19-18(21)16-13-7-8-15-12(9-10-23-15)17(13)22-20-16/h3-6,9-10H,2,7-8H2,1H3,(H,19,21). The SMILES string of the molecule is CCc1ccccc1NC(=O)c1noc2c1CCc1sccc1-2. The Bertz CT molecular complexity index is 879. The summed E-state index contributed by atoms with van der Waals surface area (Å²) in [5, 5.41) is 9.07. The highest BCUT2D eigenvalue weighted by molar-refractivity contribution is 7.10. The molecule has 0 saturated heterocycles. The van der Waals surface area contributed by atoms with E-state index in [1.54, 1.807) is 11.3 Å². The summed E-state index contributed by atoms with van der Waals surface area (Å²) in [4.78, 5) is 13.9. The van der Waals surface area contributed by atoms with Crippen LogP contribution in [0.15, 0.2) is 40.2 Å². The molecular weight excluding hydrogens is 308 g/mol. The first-order valence-electron chi connectivity index (χ1n) is 7.72. The Labute approximate surface area is 138 Å². The average molecular weight is 324 g/mol. The van der Waals surface area contributed by atoms with Crippen molar-refractivity contribution in [2.75, 3.05) is 5.32 Å². The number of benzene rings is 1. The van der Waals surface area contributed by atoms with Gasteiger partial charge in [0.2, 0.25) is 0 Å². The molecule has 23 heavy (non-hydrogen) atoms. The molecule has 1 aliphatic carbocycles. The third-order valence-corrected chi connectivity index (χ3v) is 5.22. The smallest absolute Gasteiger partial charge is 0.278 e. The lowest BCUT2D eigenvalue weighted by Gasteiger charge is -2.11. The normalized spacial score (nSPS) is 12.6. The lowest BCUT2D eigenvalue weighted by atomic mass is 9.95. The van der Waals surface area contributed by atoms with Crippen molar-refractivity contribution in [3.8, 4) is 11.3 Å². The summed E-state index contributed by atoms with van der Waals surface area (Å²) in [6, 6.07) is 9.87. The third kappa shape index (κ3) is 2.37. The molecule has 1 aromatic carbocycles. The highest BCUT2D eigenvalue weighted by atomic mass is 32.1. The Balaban J connectivity index is 1.66. The number of fused-ring (bicyclic) bond motifs is 3. The van der Waals surface area contributed by atoms with Crippen LogP contribution in [0.4, 0.5) is 5.69 Å². The second kappa shape index (κ2) is 5.66. The number of thiophene rings is 1. The van der Waals surface area contributed by atoms with Crippen LogP contribution in [0.2, 0.25) is 0 Å². The maximum absolute atomic E-state index is 12.6. The number of para-hydroxylation sites is 1. The van der Waals surface area contributed by atoms with Gasteiger partial charge in [-0.2, -0.15) is 0 Å². The fourth-order valence-corrected chi connectivity index (χ4v) is 3.91. The van der Waals surface area contributed by atoms with Crippen LogP contribution < -0.4 is 5.32 Å². The first kappa shape index (κ1) is 14.2. The molecule has 4 rings (SSSR count). The maximum atomic E-state index is 12.6. The molecule has 0 bridgehead atoms. The van der Waals surface area contributed by atoms with Crippen LogP contribution in [-0.2, 0) is 19.3 Å². The highest BCUT2D eigenvalue weighted by Gasteiger charge is 2.28. The van der Waals surface area contributed by atoms with E-state index in [1.807, 2.05) is 30.3 Å². The number of anilines is 1. The Kier molecular flexibility index (Phi) is 3.50. The number of nitrogens with zero attached hydrogens (tertiary/aromatic N) is 1. The van der Waals surface area contributed by atoms with E-state index < -0.39 is 0 Å². The fourth-order valence-electron chi connectivity index (χ4n) is 3.04. The Morgan fingerprint density at radius 2 is 2.17 bits per heavy atom. The van der Waals surface area contributed by atoms with Crippen molar-refractivity contribution in [1.29, 1.82) is 0 Å². The molecule has 0 saturated carbocycles. The van der Waals surface area contributed by atoms with Crippen molar-refractivity contribution in [3.05, 3.63) is 57.4 Å². The number of nitrogens with one attached hydrogen (secondary N) is 1. The molecule has 1 N–H and O–H groups in total. The van der Waals surface area contributed by atoms with E-state index in [-0.39, 0.29) is 5.91 Å². The van der Waals surface area contributed by atoms with Gasteiger partial charge in [0.1, 0.15) is 0 Å². The number of aryl methyl sites for hydroxylation is 2. The second-order valence-corrected chi connectivity index (χ2v) is 6.56. The fraction of sp³-hybridized carbons (Fsp3) is 0.222. The largest absolute Gasteiger partial charge is 0.355 e. The minimum absolute atomic E-state index is 0.199. The topological polar surface area (TPSA) is 55.1 Å². The summed E-state index contributed by atoms with van der Waals surface area (Å²) < 4.78 is 5.48. The summed E-state index contributed by atoms with van der Waals surface area (Å²) in [5.41, 5.74) is 4.35. The number of carbonyl (C=O) groups excluding carboxylic acids is 1. The molecule has 2 heterocycles. The molecule has 0 atom stereocenters. The van der Waals surface area contributed by atoms with Crippen LogP contribution in [0.25, 0.3) is 11.3 Å². The lowest BCUT2D eigenvalue weighted by Crippen LogP contribution is -2.16. The molecule has 0 radical (unpaired) electrons. The average Bonchev–Trinajstić information content (AvgIpc) is 3.21. The second-order valence-electron chi connectivity index (χ2n) is 5.56. The summed E-state index contributed by atoms with van der Waals surface area (Å²) in [6.45, 7) is 2.07. The van der Waals surface area contributed by atoms with Crippen molar-refractivity contribution in [3.63, 3.8) is 0 Å². The van der Waals surface area contributed by atoms with Crippen molar-refractivity contribution in [2.24, 2.45) is 0 Å². The van der Waals surface area contributed by atoms with Crippen LogP contribution in [0.3, 0.4) is 0 Å². The number of amides is 1. The molecule has 0 aliphatic heterocycles. The zero-order valence-corrected chi connectivity index (χ0v) is 13.6. The highest BCUT2D eigenvalue weighted by Crippen LogP contribution is 2.38. The molecule has 1 amide bonds. The van der Waals surface area contributed by atoms with Gasteiger partial charge in [-0.15, -0.1) is 11.3 Å². The summed E-state index contributed by atoms with van der Waals surface area (Å²) in [7, 11) is 0. The first-order chi connectivity index (χ1) is 11.3. The number of hydrogen-bond donors (Lipinski definition) is 1. The van der Waals surface area contributed by atoms with Crippen molar-refractivity contribution < 1.29 is 9.32 Å². The molecule has 0 spiro atoms. The Morgan fingerprint density at radius 3 is 3.04 bits per heavy atom.